The van der Waals surface area contributed by atoms with Crippen molar-refractivity contribution in [3.05, 3.63) is 53.9 Å². The van der Waals surface area contributed by atoms with Crippen molar-refractivity contribution < 1.29 is 14.7 Å². The third-order valence-electron chi connectivity index (χ3n) is 4.70. The van der Waals surface area contributed by atoms with Gasteiger partial charge in [0.2, 0.25) is 5.91 Å². The van der Waals surface area contributed by atoms with Gasteiger partial charge in [-0.1, -0.05) is 30.3 Å². The number of aliphatic hydroxyl groups is 1. The van der Waals surface area contributed by atoms with Crippen LogP contribution in [0.2, 0.25) is 0 Å². The van der Waals surface area contributed by atoms with E-state index in [4.69, 9.17) is 0 Å². The first-order valence-corrected chi connectivity index (χ1v) is 8.57. The minimum Gasteiger partial charge on any atom is -0.393 e. The van der Waals surface area contributed by atoms with Crippen molar-refractivity contribution in [2.24, 2.45) is 13.0 Å². The number of ketones is 1. The molecule has 1 amide bonds. The molecule has 6 heteroatoms. The lowest BCUT2D eigenvalue weighted by atomic mass is 9.75. The number of carbonyl (C=O) groups excluding carboxylic acids is 2. The van der Waals surface area contributed by atoms with Gasteiger partial charge in [0, 0.05) is 37.2 Å². The van der Waals surface area contributed by atoms with Crippen LogP contribution in [0.4, 0.5) is 0 Å². The van der Waals surface area contributed by atoms with E-state index in [1.54, 1.807) is 23.0 Å². The minimum absolute atomic E-state index is 0.0345. The molecule has 6 nitrogen and oxygen atoms in total. The molecule has 132 valence electrons. The fourth-order valence-corrected chi connectivity index (χ4v) is 3.22. The van der Waals surface area contributed by atoms with Crippen molar-refractivity contribution in [2.75, 3.05) is 0 Å². The maximum absolute atomic E-state index is 12.3. The molecular formula is C19H23N3O3. The lowest BCUT2D eigenvalue weighted by Crippen LogP contribution is -2.41. The molecule has 0 bridgehead atoms. The van der Waals surface area contributed by atoms with Gasteiger partial charge in [0.1, 0.15) is 0 Å². The van der Waals surface area contributed by atoms with Gasteiger partial charge in [-0.15, -0.1) is 0 Å². The Morgan fingerprint density at radius 1 is 1.28 bits per heavy atom. The average molecular weight is 341 g/mol. The highest BCUT2D eigenvalue weighted by Crippen LogP contribution is 2.38. The van der Waals surface area contributed by atoms with Crippen LogP contribution in [0.1, 0.15) is 47.6 Å². The van der Waals surface area contributed by atoms with E-state index in [1.165, 1.54) is 0 Å². The molecule has 1 aliphatic carbocycles. The lowest BCUT2D eigenvalue weighted by Gasteiger charge is -2.37. The number of amides is 1. The Hall–Kier alpha value is -2.47. The van der Waals surface area contributed by atoms with Crippen LogP contribution in [-0.4, -0.2) is 32.7 Å². The van der Waals surface area contributed by atoms with E-state index < -0.39 is 0 Å². The molecule has 1 atom stereocenters. The number of nitrogens with one attached hydrogen (secondary N) is 1. The molecule has 1 aromatic carbocycles. The van der Waals surface area contributed by atoms with Crippen molar-refractivity contribution in [2.45, 2.75) is 37.8 Å². The molecule has 25 heavy (non-hydrogen) atoms. The zero-order valence-corrected chi connectivity index (χ0v) is 14.3. The SMILES string of the molecule is Cn1cc([C@@H](NC(=O)CCC(=O)c2ccccc2)C2CC(O)C2)cn1. The van der Waals surface area contributed by atoms with Crippen LogP contribution in [0.3, 0.4) is 0 Å². The van der Waals surface area contributed by atoms with Gasteiger partial charge < -0.3 is 10.4 Å². The summed E-state index contributed by atoms with van der Waals surface area (Å²) in [5, 5.41) is 16.8. The molecule has 1 heterocycles. The fourth-order valence-electron chi connectivity index (χ4n) is 3.22. The van der Waals surface area contributed by atoms with Crippen LogP contribution in [0, 0.1) is 5.92 Å². The minimum atomic E-state index is -0.291. The van der Waals surface area contributed by atoms with Gasteiger partial charge in [-0.3, -0.25) is 14.3 Å². The van der Waals surface area contributed by atoms with Crippen LogP contribution < -0.4 is 5.32 Å². The number of rotatable bonds is 7. The van der Waals surface area contributed by atoms with Gasteiger partial charge in [-0.05, 0) is 18.8 Å². The maximum atomic E-state index is 12.3. The maximum Gasteiger partial charge on any atom is 0.220 e. The quantitative estimate of drug-likeness (QED) is 0.755. The Kier molecular flexibility index (Phi) is 5.28. The summed E-state index contributed by atoms with van der Waals surface area (Å²) in [5.41, 5.74) is 1.56. The Bertz CT molecular complexity index is 735. The van der Waals surface area contributed by atoms with Gasteiger partial charge in [-0.25, -0.2) is 0 Å². The molecule has 0 aliphatic heterocycles. The van der Waals surface area contributed by atoms with E-state index in [1.807, 2.05) is 31.4 Å². The summed E-state index contributed by atoms with van der Waals surface area (Å²) in [5.74, 6) is 0.0141. The highest BCUT2D eigenvalue weighted by Gasteiger charge is 2.36. The van der Waals surface area contributed by atoms with Crippen LogP contribution in [0.5, 0.6) is 0 Å². The summed E-state index contributed by atoms with van der Waals surface area (Å²) < 4.78 is 1.70. The van der Waals surface area contributed by atoms with E-state index in [-0.39, 0.29) is 42.6 Å². The Balaban J connectivity index is 1.58. The molecule has 0 unspecified atom stereocenters. The van der Waals surface area contributed by atoms with Gasteiger partial charge in [0.15, 0.2) is 5.78 Å². The summed E-state index contributed by atoms with van der Waals surface area (Å²) >= 11 is 0. The van der Waals surface area contributed by atoms with Gasteiger partial charge in [-0.2, -0.15) is 5.10 Å². The summed E-state index contributed by atoms with van der Waals surface area (Å²) in [6, 6.07) is 8.83. The van der Waals surface area contributed by atoms with Crippen molar-refractivity contribution in [3.63, 3.8) is 0 Å². The fraction of sp³-hybridized carbons (Fsp3) is 0.421. The Morgan fingerprint density at radius 2 is 2.00 bits per heavy atom. The number of Topliss-reactive ketones (excluding diaryl/α,β-unsaturated/α-hetero) is 1. The number of aliphatic hydroxyl groups excluding tert-OH is 1. The zero-order chi connectivity index (χ0) is 17.8. The second-order valence-corrected chi connectivity index (χ2v) is 6.67. The first-order chi connectivity index (χ1) is 12.0. The number of benzene rings is 1. The molecular weight excluding hydrogens is 318 g/mol. The van der Waals surface area contributed by atoms with Crippen molar-refractivity contribution in [3.8, 4) is 0 Å². The molecule has 1 fully saturated rings. The van der Waals surface area contributed by atoms with Crippen LogP contribution >= 0.6 is 0 Å². The number of hydrogen-bond acceptors (Lipinski definition) is 4. The molecule has 1 aliphatic rings. The number of nitrogens with zero attached hydrogens (tertiary/aromatic N) is 2. The topological polar surface area (TPSA) is 84.2 Å². The number of aromatic nitrogens is 2. The number of aryl methyl sites for hydroxylation is 1. The molecule has 1 saturated carbocycles. The van der Waals surface area contributed by atoms with Crippen LogP contribution in [-0.2, 0) is 11.8 Å². The summed E-state index contributed by atoms with van der Waals surface area (Å²) in [4.78, 5) is 24.5. The predicted octanol–water partition coefficient (Wildman–Crippen LogP) is 2.01. The number of hydrogen-bond donors (Lipinski definition) is 2. The van der Waals surface area contributed by atoms with Crippen molar-refractivity contribution in [1.82, 2.24) is 15.1 Å². The van der Waals surface area contributed by atoms with E-state index in [0.717, 1.165) is 5.56 Å². The molecule has 3 rings (SSSR count). The molecule has 2 N–H and O–H groups in total. The standard InChI is InChI=1S/C19H23N3O3/c1-22-12-15(11-20-22)19(14-9-16(23)10-14)21-18(25)8-7-17(24)13-5-3-2-4-6-13/h2-6,11-12,14,16,19,23H,7-10H2,1H3,(H,21,25)/t14?,16?,19-/m0/s1. The van der Waals surface area contributed by atoms with E-state index in [9.17, 15) is 14.7 Å². The highest BCUT2D eigenvalue weighted by atomic mass is 16.3. The molecule has 0 spiro atoms. The summed E-state index contributed by atoms with van der Waals surface area (Å²) in [6.45, 7) is 0. The third-order valence-corrected chi connectivity index (χ3v) is 4.70. The monoisotopic (exact) mass is 341 g/mol. The second-order valence-electron chi connectivity index (χ2n) is 6.67. The Morgan fingerprint density at radius 3 is 2.60 bits per heavy atom. The van der Waals surface area contributed by atoms with Gasteiger partial charge in [0.05, 0.1) is 18.3 Å². The largest absolute Gasteiger partial charge is 0.393 e. The smallest absolute Gasteiger partial charge is 0.220 e. The molecule has 1 aromatic heterocycles. The Labute approximate surface area is 146 Å². The zero-order valence-electron chi connectivity index (χ0n) is 14.3. The van der Waals surface area contributed by atoms with Crippen LogP contribution in [0.15, 0.2) is 42.7 Å². The lowest BCUT2D eigenvalue weighted by molar-refractivity contribution is -0.123. The number of carbonyl (C=O) groups is 2. The third kappa shape index (κ3) is 4.33. The van der Waals surface area contributed by atoms with E-state index in [0.29, 0.717) is 18.4 Å². The van der Waals surface area contributed by atoms with Crippen molar-refractivity contribution >= 4 is 11.7 Å². The first-order valence-electron chi connectivity index (χ1n) is 8.57. The van der Waals surface area contributed by atoms with E-state index >= 15 is 0 Å². The van der Waals surface area contributed by atoms with Crippen LogP contribution in [0.25, 0.3) is 0 Å². The van der Waals surface area contributed by atoms with E-state index in [2.05, 4.69) is 10.4 Å². The van der Waals surface area contributed by atoms with Crippen molar-refractivity contribution in [1.29, 1.82) is 0 Å². The predicted molar refractivity (Wildman–Crippen MR) is 92.8 cm³/mol. The summed E-state index contributed by atoms with van der Waals surface area (Å²) in [7, 11) is 1.83. The first kappa shape index (κ1) is 17.4. The molecule has 0 radical (unpaired) electrons. The summed E-state index contributed by atoms with van der Waals surface area (Å²) in [6.07, 6.45) is 5.00. The van der Waals surface area contributed by atoms with Gasteiger partial charge in [0.25, 0.3) is 0 Å². The normalized spacial score (nSPS) is 20.6. The average Bonchev–Trinajstić information content (AvgIpc) is 3.02. The van der Waals surface area contributed by atoms with Gasteiger partial charge >= 0.3 is 0 Å². The highest BCUT2D eigenvalue weighted by molar-refractivity contribution is 5.97. The molecule has 0 saturated heterocycles. The molecule has 2 aromatic rings. The second kappa shape index (κ2) is 7.61.